The van der Waals surface area contributed by atoms with Crippen LogP contribution in [-0.4, -0.2) is 36.9 Å². The van der Waals surface area contributed by atoms with E-state index in [1.54, 1.807) is 18.5 Å². The Morgan fingerprint density at radius 2 is 1.92 bits per heavy atom. The van der Waals surface area contributed by atoms with E-state index >= 15 is 0 Å². The highest BCUT2D eigenvalue weighted by molar-refractivity contribution is 5.90. The number of hydrogen-bond donors (Lipinski definition) is 2. The van der Waals surface area contributed by atoms with Crippen LogP contribution in [0.15, 0.2) is 24.5 Å². The van der Waals surface area contributed by atoms with E-state index in [1.165, 1.54) is 4.68 Å². The highest BCUT2D eigenvalue weighted by Gasteiger charge is 2.23. The van der Waals surface area contributed by atoms with Crippen molar-refractivity contribution in [3.05, 3.63) is 30.2 Å². The summed E-state index contributed by atoms with van der Waals surface area (Å²) in [5, 5.41) is 17.2. The number of carbonyl (C=O) groups is 1. The molecule has 7 heteroatoms. The SMILES string of the molecule is CC(C)C(O)CC(=O)Nc1cc(C(C)(C)C)nn1-c1ncccn1. The Kier molecular flexibility index (Phi) is 5.33. The van der Waals surface area contributed by atoms with E-state index in [-0.39, 0.29) is 23.7 Å². The van der Waals surface area contributed by atoms with Crippen LogP contribution in [-0.2, 0) is 10.2 Å². The first-order valence-electron chi connectivity index (χ1n) is 8.04. The van der Waals surface area contributed by atoms with Crippen molar-refractivity contribution >= 4 is 11.7 Å². The van der Waals surface area contributed by atoms with Gasteiger partial charge in [-0.05, 0) is 12.0 Å². The minimum Gasteiger partial charge on any atom is -0.392 e. The van der Waals surface area contributed by atoms with E-state index in [9.17, 15) is 9.90 Å². The minimum atomic E-state index is -0.684. The molecule has 0 spiro atoms. The molecule has 0 saturated heterocycles. The lowest BCUT2D eigenvalue weighted by atomic mass is 9.92. The zero-order valence-corrected chi connectivity index (χ0v) is 14.8. The first-order valence-corrected chi connectivity index (χ1v) is 8.04. The fraction of sp³-hybridized carbons (Fsp3) is 0.529. The van der Waals surface area contributed by atoms with Crippen LogP contribution >= 0.6 is 0 Å². The molecule has 0 aliphatic rings. The Morgan fingerprint density at radius 3 is 2.46 bits per heavy atom. The number of aromatic nitrogens is 4. The summed E-state index contributed by atoms with van der Waals surface area (Å²) in [5.74, 6) is 0.622. The van der Waals surface area contributed by atoms with Crippen molar-refractivity contribution in [2.24, 2.45) is 5.92 Å². The van der Waals surface area contributed by atoms with Crippen LogP contribution < -0.4 is 5.32 Å². The molecule has 1 atom stereocenters. The standard InChI is InChI=1S/C17H25N5O2/c1-11(2)12(23)9-15(24)20-14-10-13(17(3,4)5)21-22(14)16-18-7-6-8-19-16/h6-8,10-12,23H,9H2,1-5H3,(H,20,24). The summed E-state index contributed by atoms with van der Waals surface area (Å²) >= 11 is 0. The van der Waals surface area contributed by atoms with Gasteiger partial charge in [0, 0.05) is 23.9 Å². The normalized spacial score (nSPS) is 13.1. The van der Waals surface area contributed by atoms with Crippen LogP contribution in [0.5, 0.6) is 0 Å². The van der Waals surface area contributed by atoms with Crippen molar-refractivity contribution in [2.75, 3.05) is 5.32 Å². The summed E-state index contributed by atoms with van der Waals surface area (Å²) in [6.45, 7) is 9.87. The molecule has 0 aliphatic carbocycles. The van der Waals surface area contributed by atoms with Gasteiger partial charge in [-0.15, -0.1) is 0 Å². The predicted octanol–water partition coefficient (Wildman–Crippen LogP) is 2.31. The van der Waals surface area contributed by atoms with E-state index in [0.717, 1.165) is 5.69 Å². The topological polar surface area (TPSA) is 92.9 Å². The number of amides is 1. The Bertz CT molecular complexity index is 689. The third-order valence-electron chi connectivity index (χ3n) is 3.65. The number of carbonyl (C=O) groups excluding carboxylic acids is 1. The molecule has 0 saturated carbocycles. The second kappa shape index (κ2) is 7.09. The number of nitrogens with one attached hydrogen (secondary N) is 1. The zero-order chi connectivity index (χ0) is 17.9. The fourth-order valence-electron chi connectivity index (χ4n) is 2.01. The Labute approximate surface area is 142 Å². The highest BCUT2D eigenvalue weighted by atomic mass is 16.3. The third-order valence-corrected chi connectivity index (χ3v) is 3.65. The average molecular weight is 331 g/mol. The molecular formula is C17H25N5O2. The minimum absolute atomic E-state index is 0.0169. The van der Waals surface area contributed by atoms with Crippen LogP contribution in [0.3, 0.4) is 0 Å². The summed E-state index contributed by atoms with van der Waals surface area (Å²) in [6, 6.07) is 3.53. The molecule has 1 amide bonds. The molecule has 2 rings (SSSR count). The number of anilines is 1. The van der Waals surface area contributed by atoms with Gasteiger partial charge in [0.05, 0.1) is 18.2 Å². The smallest absolute Gasteiger partial charge is 0.252 e. The molecule has 0 aliphatic heterocycles. The summed E-state index contributed by atoms with van der Waals surface area (Å²) in [7, 11) is 0. The molecule has 1 unspecified atom stereocenters. The molecule has 130 valence electrons. The number of hydrogen-bond acceptors (Lipinski definition) is 5. The quantitative estimate of drug-likeness (QED) is 0.877. The molecule has 2 heterocycles. The third kappa shape index (κ3) is 4.38. The van der Waals surface area contributed by atoms with E-state index in [4.69, 9.17) is 0 Å². The van der Waals surface area contributed by atoms with E-state index in [0.29, 0.717) is 11.8 Å². The Hall–Kier alpha value is -2.28. The maximum Gasteiger partial charge on any atom is 0.252 e. The van der Waals surface area contributed by atoms with Crippen LogP contribution in [0, 0.1) is 5.92 Å². The van der Waals surface area contributed by atoms with Gasteiger partial charge in [-0.1, -0.05) is 34.6 Å². The zero-order valence-electron chi connectivity index (χ0n) is 14.8. The average Bonchev–Trinajstić information content (AvgIpc) is 2.91. The summed E-state index contributed by atoms with van der Waals surface area (Å²) in [5.41, 5.74) is 0.631. The van der Waals surface area contributed by atoms with Gasteiger partial charge in [0.1, 0.15) is 5.82 Å². The molecule has 2 aromatic rings. The van der Waals surface area contributed by atoms with Gasteiger partial charge in [-0.2, -0.15) is 9.78 Å². The largest absolute Gasteiger partial charge is 0.392 e. The van der Waals surface area contributed by atoms with Crippen molar-refractivity contribution in [1.29, 1.82) is 0 Å². The van der Waals surface area contributed by atoms with Crippen molar-refractivity contribution in [3.63, 3.8) is 0 Å². The maximum absolute atomic E-state index is 12.2. The monoisotopic (exact) mass is 331 g/mol. The molecule has 0 aromatic carbocycles. The van der Waals surface area contributed by atoms with E-state index in [1.807, 2.05) is 40.7 Å². The number of nitrogens with zero attached hydrogens (tertiary/aromatic N) is 4. The molecule has 0 bridgehead atoms. The molecule has 2 N–H and O–H groups in total. The Morgan fingerprint density at radius 1 is 1.29 bits per heavy atom. The number of aliphatic hydroxyl groups is 1. The number of aliphatic hydroxyl groups excluding tert-OH is 1. The van der Waals surface area contributed by atoms with Gasteiger partial charge >= 0.3 is 0 Å². The second-order valence-corrected chi connectivity index (χ2v) is 7.19. The molecule has 0 radical (unpaired) electrons. The maximum atomic E-state index is 12.2. The summed E-state index contributed by atoms with van der Waals surface area (Å²) < 4.78 is 1.51. The lowest BCUT2D eigenvalue weighted by Crippen LogP contribution is -2.24. The van der Waals surface area contributed by atoms with Crippen molar-refractivity contribution in [2.45, 2.75) is 52.6 Å². The van der Waals surface area contributed by atoms with Crippen LogP contribution in [0.2, 0.25) is 0 Å². The van der Waals surface area contributed by atoms with Crippen molar-refractivity contribution in [3.8, 4) is 5.95 Å². The molecule has 2 aromatic heterocycles. The Balaban J connectivity index is 2.31. The van der Waals surface area contributed by atoms with Crippen LogP contribution in [0.4, 0.5) is 5.82 Å². The van der Waals surface area contributed by atoms with Gasteiger partial charge in [-0.25, -0.2) is 9.97 Å². The van der Waals surface area contributed by atoms with Gasteiger partial charge in [-0.3, -0.25) is 4.79 Å². The second-order valence-electron chi connectivity index (χ2n) is 7.19. The lowest BCUT2D eigenvalue weighted by molar-refractivity contribution is -0.118. The van der Waals surface area contributed by atoms with Crippen molar-refractivity contribution < 1.29 is 9.90 Å². The fourth-order valence-corrected chi connectivity index (χ4v) is 2.01. The molecule has 7 nitrogen and oxygen atoms in total. The first kappa shape index (κ1) is 18.1. The van der Waals surface area contributed by atoms with Gasteiger partial charge < -0.3 is 10.4 Å². The predicted molar refractivity (Wildman–Crippen MR) is 91.9 cm³/mol. The molecular weight excluding hydrogens is 306 g/mol. The summed E-state index contributed by atoms with van der Waals surface area (Å²) in [4.78, 5) is 20.6. The van der Waals surface area contributed by atoms with Crippen molar-refractivity contribution in [1.82, 2.24) is 19.7 Å². The highest BCUT2D eigenvalue weighted by Crippen LogP contribution is 2.25. The lowest BCUT2D eigenvalue weighted by Gasteiger charge is -2.14. The number of rotatable bonds is 5. The van der Waals surface area contributed by atoms with Crippen LogP contribution in [0.25, 0.3) is 5.95 Å². The van der Waals surface area contributed by atoms with Gasteiger partial charge in [0.2, 0.25) is 5.91 Å². The molecule has 24 heavy (non-hydrogen) atoms. The molecule has 0 fully saturated rings. The first-order chi connectivity index (χ1) is 11.2. The van der Waals surface area contributed by atoms with E-state index < -0.39 is 6.10 Å². The van der Waals surface area contributed by atoms with E-state index in [2.05, 4.69) is 20.4 Å². The van der Waals surface area contributed by atoms with Gasteiger partial charge in [0.15, 0.2) is 0 Å². The van der Waals surface area contributed by atoms with Gasteiger partial charge in [0.25, 0.3) is 5.95 Å². The summed E-state index contributed by atoms with van der Waals surface area (Å²) in [6.07, 6.45) is 2.59. The van der Waals surface area contributed by atoms with Crippen LogP contribution in [0.1, 0.15) is 46.7 Å².